The molecule has 8 heteroatoms. The van der Waals surface area contributed by atoms with Gasteiger partial charge in [-0.2, -0.15) is 0 Å². The minimum absolute atomic E-state index is 0.133. The van der Waals surface area contributed by atoms with Crippen LogP contribution in [0.25, 0.3) is 0 Å². The Morgan fingerprint density at radius 3 is 2.41 bits per heavy atom. The van der Waals surface area contributed by atoms with E-state index in [0.29, 0.717) is 5.56 Å². The minimum atomic E-state index is -3.86. The molecule has 0 aromatic heterocycles. The standard InChI is InChI=1S/C21H22N2O5S/c24-20-14-28-21(25)23(20)13-19(16-7-2-1-3-8-16)22-29(26,27)18-11-10-15-6-4-5-9-17(15)12-18/h1-3,7-8,10-12,19,22H,4-6,9,13-14H2. The highest BCUT2D eigenvalue weighted by Crippen LogP contribution is 2.26. The van der Waals surface area contributed by atoms with Crippen molar-refractivity contribution in [2.75, 3.05) is 13.2 Å². The Hall–Kier alpha value is -2.71. The molecule has 2 amide bonds. The van der Waals surface area contributed by atoms with Crippen molar-refractivity contribution < 1.29 is 22.7 Å². The number of ether oxygens (including phenoxy) is 1. The molecule has 2 aromatic rings. The highest BCUT2D eigenvalue weighted by molar-refractivity contribution is 7.89. The molecule has 1 aliphatic heterocycles. The van der Waals surface area contributed by atoms with Crippen molar-refractivity contribution in [3.05, 3.63) is 65.2 Å². The van der Waals surface area contributed by atoms with Gasteiger partial charge in [-0.25, -0.2) is 22.8 Å². The van der Waals surface area contributed by atoms with Gasteiger partial charge in [0.25, 0.3) is 5.91 Å². The summed E-state index contributed by atoms with van der Waals surface area (Å²) in [5, 5.41) is 0. The fourth-order valence-electron chi connectivity index (χ4n) is 3.77. The molecular formula is C21H22N2O5S. The lowest BCUT2D eigenvalue weighted by Gasteiger charge is -2.23. The van der Waals surface area contributed by atoms with Gasteiger partial charge in [0, 0.05) is 0 Å². The second kappa shape index (κ2) is 7.96. The van der Waals surface area contributed by atoms with Crippen molar-refractivity contribution >= 4 is 22.0 Å². The van der Waals surface area contributed by atoms with Crippen LogP contribution in [0.2, 0.25) is 0 Å². The van der Waals surface area contributed by atoms with Crippen LogP contribution in [0.15, 0.2) is 53.4 Å². The summed E-state index contributed by atoms with van der Waals surface area (Å²) in [4.78, 5) is 24.9. The normalized spacial score (nSPS) is 17.7. The first kappa shape index (κ1) is 19.6. The van der Waals surface area contributed by atoms with Crippen molar-refractivity contribution in [1.29, 1.82) is 0 Å². The Labute approximate surface area is 169 Å². The van der Waals surface area contributed by atoms with Crippen LogP contribution in [0, 0.1) is 0 Å². The van der Waals surface area contributed by atoms with Gasteiger partial charge in [-0.15, -0.1) is 0 Å². The lowest BCUT2D eigenvalue weighted by atomic mass is 9.92. The summed E-state index contributed by atoms with van der Waals surface area (Å²) >= 11 is 0. The Morgan fingerprint density at radius 1 is 1.00 bits per heavy atom. The number of aryl methyl sites for hydroxylation is 2. The summed E-state index contributed by atoms with van der Waals surface area (Å²) in [6.45, 7) is -0.455. The predicted octanol–water partition coefficient (Wildman–Crippen LogP) is 2.56. The second-order valence-corrected chi connectivity index (χ2v) is 9.00. The smallest absolute Gasteiger partial charge is 0.417 e. The molecule has 1 atom stereocenters. The van der Waals surface area contributed by atoms with E-state index in [1.54, 1.807) is 36.4 Å². The molecule has 0 bridgehead atoms. The molecular weight excluding hydrogens is 392 g/mol. The quantitative estimate of drug-likeness (QED) is 0.784. The molecule has 0 radical (unpaired) electrons. The van der Waals surface area contributed by atoms with Crippen molar-refractivity contribution in [1.82, 2.24) is 9.62 Å². The SMILES string of the molecule is O=C1COC(=O)N1CC(NS(=O)(=O)c1ccc2c(c1)CCCC2)c1ccccc1. The first-order chi connectivity index (χ1) is 13.9. The van der Waals surface area contributed by atoms with E-state index in [1.807, 2.05) is 12.1 Å². The largest absolute Gasteiger partial charge is 0.439 e. The summed E-state index contributed by atoms with van der Waals surface area (Å²) in [5.74, 6) is -0.482. The number of amides is 2. The van der Waals surface area contributed by atoms with Crippen LogP contribution >= 0.6 is 0 Å². The van der Waals surface area contributed by atoms with Gasteiger partial charge >= 0.3 is 6.09 Å². The second-order valence-electron chi connectivity index (χ2n) is 7.28. The van der Waals surface area contributed by atoms with E-state index in [1.165, 1.54) is 5.56 Å². The third-order valence-electron chi connectivity index (χ3n) is 5.34. The zero-order valence-corrected chi connectivity index (χ0v) is 16.7. The molecule has 7 nitrogen and oxygen atoms in total. The van der Waals surface area contributed by atoms with Crippen LogP contribution < -0.4 is 4.72 Å². The first-order valence-corrected chi connectivity index (χ1v) is 11.1. The number of hydrogen-bond donors (Lipinski definition) is 1. The monoisotopic (exact) mass is 414 g/mol. The number of sulfonamides is 1. The fourth-order valence-corrected chi connectivity index (χ4v) is 5.03. The predicted molar refractivity (Wildman–Crippen MR) is 106 cm³/mol. The molecule has 0 saturated carbocycles. The van der Waals surface area contributed by atoms with Crippen LogP contribution in [-0.2, 0) is 32.4 Å². The van der Waals surface area contributed by atoms with Gasteiger partial charge in [0.05, 0.1) is 17.5 Å². The molecule has 152 valence electrons. The average Bonchev–Trinajstić information content (AvgIpc) is 3.05. The molecule has 1 heterocycles. The Morgan fingerprint density at radius 2 is 1.72 bits per heavy atom. The van der Waals surface area contributed by atoms with Crippen molar-refractivity contribution in [3.8, 4) is 0 Å². The van der Waals surface area contributed by atoms with Gasteiger partial charge in [0.15, 0.2) is 6.61 Å². The Kier molecular flexibility index (Phi) is 5.38. The minimum Gasteiger partial charge on any atom is -0.439 e. The van der Waals surface area contributed by atoms with Gasteiger partial charge in [-0.3, -0.25) is 4.79 Å². The molecule has 4 rings (SSSR count). The Bertz CT molecular complexity index is 1020. The Balaban J connectivity index is 1.63. The van der Waals surface area contributed by atoms with Crippen molar-refractivity contribution in [2.24, 2.45) is 0 Å². The third-order valence-corrected chi connectivity index (χ3v) is 6.80. The van der Waals surface area contributed by atoms with E-state index in [0.717, 1.165) is 36.1 Å². The fraction of sp³-hybridized carbons (Fsp3) is 0.333. The summed E-state index contributed by atoms with van der Waals surface area (Å²) in [6, 6.07) is 13.3. The summed E-state index contributed by atoms with van der Waals surface area (Å²) < 4.78 is 33.6. The van der Waals surface area contributed by atoms with Gasteiger partial charge in [0.1, 0.15) is 0 Å². The number of imide groups is 1. The van der Waals surface area contributed by atoms with Gasteiger partial charge < -0.3 is 4.74 Å². The molecule has 29 heavy (non-hydrogen) atoms. The number of carbonyl (C=O) groups is 2. The number of carbonyl (C=O) groups excluding carboxylic acids is 2. The molecule has 1 saturated heterocycles. The molecule has 1 fully saturated rings. The maximum absolute atomic E-state index is 13.1. The van der Waals surface area contributed by atoms with Gasteiger partial charge in [-0.1, -0.05) is 36.4 Å². The van der Waals surface area contributed by atoms with E-state index >= 15 is 0 Å². The highest BCUT2D eigenvalue weighted by atomic mass is 32.2. The maximum atomic E-state index is 13.1. The molecule has 1 unspecified atom stereocenters. The van der Waals surface area contributed by atoms with E-state index in [9.17, 15) is 18.0 Å². The van der Waals surface area contributed by atoms with Crippen LogP contribution in [0.4, 0.5) is 4.79 Å². The van der Waals surface area contributed by atoms with Crippen LogP contribution in [0.1, 0.15) is 35.6 Å². The highest BCUT2D eigenvalue weighted by Gasteiger charge is 2.34. The number of cyclic esters (lactones) is 1. The van der Waals surface area contributed by atoms with E-state index in [2.05, 4.69) is 4.72 Å². The molecule has 1 N–H and O–H groups in total. The number of benzene rings is 2. The van der Waals surface area contributed by atoms with Crippen LogP contribution in [0.3, 0.4) is 0 Å². The average molecular weight is 414 g/mol. The number of fused-ring (bicyclic) bond motifs is 1. The number of rotatable bonds is 6. The van der Waals surface area contributed by atoms with E-state index < -0.39 is 28.1 Å². The maximum Gasteiger partial charge on any atom is 0.417 e. The molecule has 2 aromatic carbocycles. The zero-order chi connectivity index (χ0) is 20.4. The molecule has 0 spiro atoms. The zero-order valence-electron chi connectivity index (χ0n) is 15.8. The number of hydrogen-bond acceptors (Lipinski definition) is 5. The lowest BCUT2D eigenvalue weighted by Crippen LogP contribution is -2.40. The first-order valence-electron chi connectivity index (χ1n) is 9.60. The van der Waals surface area contributed by atoms with Gasteiger partial charge in [0.2, 0.25) is 10.0 Å². The van der Waals surface area contributed by atoms with E-state index in [-0.39, 0.29) is 18.0 Å². The van der Waals surface area contributed by atoms with E-state index in [4.69, 9.17) is 4.74 Å². The van der Waals surface area contributed by atoms with Crippen molar-refractivity contribution in [2.45, 2.75) is 36.6 Å². The molecule has 2 aliphatic rings. The summed E-state index contributed by atoms with van der Waals surface area (Å²) in [7, 11) is -3.86. The number of nitrogens with zero attached hydrogens (tertiary/aromatic N) is 1. The van der Waals surface area contributed by atoms with Crippen LogP contribution in [-0.4, -0.2) is 38.5 Å². The topological polar surface area (TPSA) is 92.8 Å². The van der Waals surface area contributed by atoms with Crippen molar-refractivity contribution in [3.63, 3.8) is 0 Å². The molecule has 1 aliphatic carbocycles. The number of nitrogens with one attached hydrogen (secondary N) is 1. The summed E-state index contributed by atoms with van der Waals surface area (Å²) in [6.07, 6.45) is 3.25. The third kappa shape index (κ3) is 4.18. The lowest BCUT2D eigenvalue weighted by molar-refractivity contribution is -0.126. The van der Waals surface area contributed by atoms with Crippen LogP contribution in [0.5, 0.6) is 0 Å². The van der Waals surface area contributed by atoms with Gasteiger partial charge in [-0.05, 0) is 54.5 Å². The summed E-state index contributed by atoms with van der Waals surface area (Å²) in [5.41, 5.74) is 2.91.